The minimum atomic E-state index is 0.791. The summed E-state index contributed by atoms with van der Waals surface area (Å²) in [6.45, 7) is 0. The average molecular weight is 1020 g/mol. The summed E-state index contributed by atoms with van der Waals surface area (Å²) >= 11 is 0. The molecule has 12 unspecified atom stereocenters. The van der Waals surface area contributed by atoms with Gasteiger partial charge in [0, 0.05) is 29.3 Å². The minimum Gasteiger partial charge on any atom is -0.345 e. The van der Waals surface area contributed by atoms with Gasteiger partial charge in [0.1, 0.15) is 0 Å². The van der Waals surface area contributed by atoms with Crippen molar-refractivity contribution in [2.45, 2.75) is 320 Å². The first-order valence-electron chi connectivity index (χ1n) is 36.4. The number of hydrogen-bond acceptors (Lipinski definition) is 0. The van der Waals surface area contributed by atoms with Gasteiger partial charge in [-0.15, -0.1) is 0 Å². The predicted octanol–water partition coefficient (Wildman–Crippen LogP) is 22.0. The maximum absolute atomic E-state index is 3.42. The third-order valence-electron chi connectivity index (χ3n) is 28.9. The average Bonchev–Trinajstić information content (AvgIpc) is 3.93. The van der Waals surface area contributed by atoms with Gasteiger partial charge in [-0.05, 0) is 233 Å². The van der Waals surface area contributed by atoms with E-state index in [1.165, 1.54) is 57.8 Å². The quantitative estimate of drug-likeness (QED) is 0.232. The molecule has 13 fully saturated rings. The molecule has 0 saturated heterocycles. The van der Waals surface area contributed by atoms with Crippen LogP contribution in [0.15, 0.2) is 12.1 Å². The Hall–Kier alpha value is -0.720. The summed E-state index contributed by atoms with van der Waals surface area (Å²) in [6, 6.07) is 6.79. The zero-order valence-corrected chi connectivity index (χ0v) is 49.1. The van der Waals surface area contributed by atoms with E-state index < -0.39 is 0 Å². The van der Waals surface area contributed by atoms with Gasteiger partial charge < -0.3 is 4.57 Å². The van der Waals surface area contributed by atoms with Gasteiger partial charge in [0.05, 0.1) is 0 Å². The molecule has 13 aliphatic rings. The molecule has 1 heterocycles. The van der Waals surface area contributed by atoms with Crippen molar-refractivity contribution >= 4 is 0 Å². The lowest BCUT2D eigenvalue weighted by Crippen LogP contribution is -2.52. The van der Waals surface area contributed by atoms with Gasteiger partial charge in [0.15, 0.2) is 0 Å². The largest absolute Gasteiger partial charge is 0.345 e. The Morgan fingerprint density at radius 1 is 0.213 bits per heavy atom. The Bertz CT molecular complexity index is 1700. The zero-order chi connectivity index (χ0) is 49.7. The molecule has 1 nitrogen and oxygen atoms in total. The summed E-state index contributed by atoms with van der Waals surface area (Å²) in [5, 5.41) is 0. The maximum Gasteiger partial charge on any atom is 0.0336 e. The van der Waals surface area contributed by atoms with Crippen molar-refractivity contribution in [3.05, 3.63) is 23.5 Å². The molecule has 0 spiro atoms. The van der Waals surface area contributed by atoms with E-state index in [-0.39, 0.29) is 0 Å². The summed E-state index contributed by atoms with van der Waals surface area (Å²) in [5.41, 5.74) is 3.99. The van der Waals surface area contributed by atoms with Gasteiger partial charge >= 0.3 is 0 Å². The van der Waals surface area contributed by atoms with Gasteiger partial charge in [-0.2, -0.15) is 0 Å². The fourth-order valence-corrected chi connectivity index (χ4v) is 26.3. The van der Waals surface area contributed by atoms with Crippen LogP contribution in [-0.4, -0.2) is 4.57 Å². The Morgan fingerprint density at radius 3 is 0.720 bits per heavy atom. The molecular formula is C74H119N. The van der Waals surface area contributed by atoms with Crippen molar-refractivity contribution in [1.29, 1.82) is 0 Å². The third-order valence-corrected chi connectivity index (χ3v) is 28.9. The van der Waals surface area contributed by atoms with Crippen LogP contribution in [-0.2, 0) is 0 Å². The Labute approximate surface area is 463 Å². The van der Waals surface area contributed by atoms with Crippen LogP contribution in [0.5, 0.6) is 0 Å². The molecule has 0 N–H and O–H groups in total. The molecule has 12 atom stereocenters. The lowest BCUT2D eigenvalue weighted by molar-refractivity contribution is -0.0854. The van der Waals surface area contributed by atoms with E-state index in [1.54, 1.807) is 244 Å². The predicted molar refractivity (Wildman–Crippen MR) is 316 cm³/mol. The Balaban J connectivity index is 0.814. The highest BCUT2D eigenvalue weighted by atomic mass is 15.1. The van der Waals surface area contributed by atoms with E-state index in [4.69, 9.17) is 0 Å². The van der Waals surface area contributed by atoms with E-state index >= 15 is 0 Å². The molecule has 13 saturated carbocycles. The zero-order valence-electron chi connectivity index (χ0n) is 49.1. The van der Waals surface area contributed by atoms with E-state index in [0.717, 1.165) is 136 Å². The summed E-state index contributed by atoms with van der Waals surface area (Å²) in [5.74, 6) is 22.5. The highest BCUT2D eigenvalue weighted by Crippen LogP contribution is 2.67. The maximum atomic E-state index is 3.42. The van der Waals surface area contributed by atoms with Crippen LogP contribution in [0.2, 0.25) is 0 Å². The molecule has 0 bridgehead atoms. The molecular weight excluding hydrogens is 903 g/mol. The molecule has 0 radical (unpaired) electrons. The van der Waals surface area contributed by atoms with Crippen LogP contribution < -0.4 is 0 Å². The van der Waals surface area contributed by atoms with Gasteiger partial charge in [0.2, 0.25) is 0 Å². The van der Waals surface area contributed by atoms with Crippen LogP contribution in [0.1, 0.15) is 331 Å². The lowest BCUT2D eigenvalue weighted by Gasteiger charge is -2.60. The third kappa shape index (κ3) is 10.5. The van der Waals surface area contributed by atoms with E-state index in [2.05, 4.69) is 16.7 Å². The minimum absolute atomic E-state index is 0.791. The van der Waals surface area contributed by atoms with Crippen molar-refractivity contribution in [2.75, 3.05) is 0 Å². The van der Waals surface area contributed by atoms with Crippen LogP contribution in [0, 0.1) is 118 Å². The molecule has 1 aromatic rings. The Morgan fingerprint density at radius 2 is 0.440 bits per heavy atom. The molecule has 420 valence electrons. The first-order chi connectivity index (χ1) is 37.2. The molecule has 0 amide bonds. The number of rotatable bonds is 9. The van der Waals surface area contributed by atoms with Crippen LogP contribution in [0.3, 0.4) is 0 Å². The molecule has 1 heteroatoms. The standard InChI is InChI=1S/C74H119N/c1-6-24-50(25-7-1)54-44-55(51-26-8-2-9-27-51)47-58(46-54)71-61-34-16-20-38-65(61)73(66-39-21-17-35-62(66)71)69-42-43-70(75(69)60-32-14-5-15-33-60)74-67-40-22-18-36-63(67)72(64-37-19-23-41-68(64)74)59-48-56(52-28-10-3-11-29-52)45-57(49-59)53-30-12-4-13-31-53/h42-43,50-68,71-74H,1-41,44-49H2. The summed E-state index contributed by atoms with van der Waals surface area (Å²) in [7, 11) is 0. The number of aromatic nitrogens is 1. The second-order valence-electron chi connectivity index (χ2n) is 32.1. The van der Waals surface area contributed by atoms with Gasteiger partial charge in [0.25, 0.3) is 0 Å². The monoisotopic (exact) mass is 1020 g/mol. The first-order valence-corrected chi connectivity index (χ1v) is 36.4. The Kier molecular flexibility index (Phi) is 16.8. The van der Waals surface area contributed by atoms with E-state index in [1.807, 2.05) is 11.4 Å². The summed E-state index contributed by atoms with van der Waals surface area (Å²) in [4.78, 5) is 0. The molecule has 13 aliphatic carbocycles. The first kappa shape index (κ1) is 52.4. The van der Waals surface area contributed by atoms with Crippen LogP contribution in [0.25, 0.3) is 0 Å². The molecule has 0 aromatic carbocycles. The molecule has 14 rings (SSSR count). The van der Waals surface area contributed by atoms with Crippen LogP contribution >= 0.6 is 0 Å². The second kappa shape index (κ2) is 24.0. The number of nitrogens with zero attached hydrogens (tertiary/aromatic N) is 1. The van der Waals surface area contributed by atoms with Crippen molar-refractivity contribution in [1.82, 2.24) is 4.57 Å². The summed E-state index contributed by atoms with van der Waals surface area (Å²) in [6.07, 6.45) is 73.8. The van der Waals surface area contributed by atoms with Crippen molar-refractivity contribution < 1.29 is 0 Å². The highest BCUT2D eigenvalue weighted by Gasteiger charge is 2.59. The van der Waals surface area contributed by atoms with E-state index in [0.29, 0.717) is 0 Å². The molecule has 0 aliphatic heterocycles. The summed E-state index contributed by atoms with van der Waals surface area (Å²) < 4.78 is 3.42. The van der Waals surface area contributed by atoms with Gasteiger partial charge in [-0.3, -0.25) is 0 Å². The van der Waals surface area contributed by atoms with Gasteiger partial charge in [-0.25, -0.2) is 0 Å². The molecule has 1 aromatic heterocycles. The highest BCUT2D eigenvalue weighted by molar-refractivity contribution is 5.30. The number of hydrogen-bond donors (Lipinski definition) is 0. The lowest BCUT2D eigenvalue weighted by atomic mass is 9.46. The SMILES string of the molecule is c1cc(C2C3CCCCC3C(C3CC(C4CCCCC4)CC(C4CCCCC4)C3)C3CCCCC32)n(C2CCCCC2)c1C1C2CCCCC2C(C2CC(C3CCCCC3)CC(C3CCCCC3)C2)C2CCCCC21. The second-order valence-corrected chi connectivity index (χ2v) is 32.1. The number of fused-ring (bicyclic) bond motifs is 4. The van der Waals surface area contributed by atoms with Gasteiger partial charge in [-0.1, -0.05) is 199 Å². The molecule has 75 heavy (non-hydrogen) atoms. The van der Waals surface area contributed by atoms with Crippen molar-refractivity contribution in [3.63, 3.8) is 0 Å². The van der Waals surface area contributed by atoms with Crippen molar-refractivity contribution in [3.8, 4) is 0 Å². The fraction of sp³-hybridized carbons (Fsp3) is 0.946. The van der Waals surface area contributed by atoms with Crippen molar-refractivity contribution in [2.24, 2.45) is 118 Å². The topological polar surface area (TPSA) is 4.93 Å². The van der Waals surface area contributed by atoms with E-state index in [9.17, 15) is 0 Å². The normalized spacial score (nSPS) is 45.5. The van der Waals surface area contributed by atoms with Crippen LogP contribution in [0.4, 0.5) is 0 Å². The smallest absolute Gasteiger partial charge is 0.0336 e. The fourth-order valence-electron chi connectivity index (χ4n) is 26.3.